The lowest BCUT2D eigenvalue weighted by Crippen LogP contribution is -2.20. The van der Waals surface area contributed by atoms with Crippen LogP contribution in [0.5, 0.6) is 0 Å². The Kier molecular flexibility index (Phi) is 3.45. The molecule has 1 nitrogen and oxygen atoms in total. The summed E-state index contributed by atoms with van der Waals surface area (Å²) in [4.78, 5) is 0. The first kappa shape index (κ1) is 13.6. The average Bonchev–Trinajstić information content (AvgIpc) is 2.72. The number of rotatable bonds is 1. The third-order valence-electron chi connectivity index (χ3n) is 4.26. The number of hydrogen-bond donors (Lipinski definition) is 1. The smallest absolute Gasteiger partial charge is 0.0585 e. The summed E-state index contributed by atoms with van der Waals surface area (Å²) in [6, 6.07) is 25.5. The van der Waals surface area contributed by atoms with E-state index < -0.39 is 0 Å². The van der Waals surface area contributed by atoms with E-state index in [-0.39, 0.29) is 6.04 Å². The van der Waals surface area contributed by atoms with Gasteiger partial charge >= 0.3 is 0 Å². The Morgan fingerprint density at radius 2 is 1.59 bits per heavy atom. The topological polar surface area (TPSA) is 12.0 Å². The van der Waals surface area contributed by atoms with Crippen LogP contribution >= 0.6 is 11.6 Å². The van der Waals surface area contributed by atoms with E-state index >= 15 is 0 Å². The van der Waals surface area contributed by atoms with Gasteiger partial charge in [-0.2, -0.15) is 0 Å². The first-order valence-electron chi connectivity index (χ1n) is 7.49. The molecule has 0 saturated heterocycles. The van der Waals surface area contributed by atoms with E-state index in [0.717, 1.165) is 11.6 Å². The molecular formula is C20H16ClN. The van der Waals surface area contributed by atoms with Crippen LogP contribution < -0.4 is 5.32 Å². The van der Waals surface area contributed by atoms with Crippen molar-refractivity contribution < 1.29 is 0 Å². The van der Waals surface area contributed by atoms with E-state index in [0.29, 0.717) is 0 Å². The fraction of sp³-hybridized carbons (Fsp3) is 0.100. The number of halogens is 1. The molecule has 1 N–H and O–H groups in total. The van der Waals surface area contributed by atoms with Crippen molar-refractivity contribution in [2.45, 2.75) is 12.6 Å². The summed E-state index contributed by atoms with van der Waals surface area (Å²) in [6.45, 7) is 0.849. The Morgan fingerprint density at radius 3 is 2.45 bits per heavy atom. The molecule has 1 aliphatic heterocycles. The monoisotopic (exact) mass is 305 g/mol. The van der Waals surface area contributed by atoms with Crippen LogP contribution in [0.4, 0.5) is 0 Å². The van der Waals surface area contributed by atoms with Gasteiger partial charge in [0.1, 0.15) is 0 Å². The maximum atomic E-state index is 6.19. The van der Waals surface area contributed by atoms with E-state index in [1.165, 1.54) is 27.8 Å². The predicted molar refractivity (Wildman–Crippen MR) is 92.0 cm³/mol. The highest BCUT2D eigenvalue weighted by atomic mass is 35.5. The molecule has 4 rings (SSSR count). The largest absolute Gasteiger partial charge is 0.302 e. The van der Waals surface area contributed by atoms with Crippen LogP contribution in [0.15, 0.2) is 72.8 Å². The Balaban J connectivity index is 1.91. The van der Waals surface area contributed by atoms with Crippen molar-refractivity contribution in [2.75, 3.05) is 0 Å². The molecule has 1 aliphatic rings. The second-order valence-corrected chi connectivity index (χ2v) is 6.05. The SMILES string of the molecule is Clc1cccc(C2NCc3ccccc3-c3ccccc32)c1. The molecule has 108 valence electrons. The molecule has 3 aromatic carbocycles. The summed E-state index contributed by atoms with van der Waals surface area (Å²) < 4.78 is 0. The van der Waals surface area contributed by atoms with E-state index in [4.69, 9.17) is 11.6 Å². The zero-order valence-corrected chi connectivity index (χ0v) is 12.8. The lowest BCUT2D eigenvalue weighted by atomic mass is 9.91. The zero-order valence-electron chi connectivity index (χ0n) is 12.1. The van der Waals surface area contributed by atoms with Gasteiger partial charge in [0.2, 0.25) is 0 Å². The molecule has 0 aliphatic carbocycles. The summed E-state index contributed by atoms with van der Waals surface area (Å²) in [6.07, 6.45) is 0. The fourth-order valence-electron chi connectivity index (χ4n) is 3.24. The molecule has 0 spiro atoms. The molecule has 1 unspecified atom stereocenters. The van der Waals surface area contributed by atoms with Crippen LogP contribution in [0.25, 0.3) is 11.1 Å². The highest BCUT2D eigenvalue weighted by Gasteiger charge is 2.22. The molecular weight excluding hydrogens is 290 g/mol. The third-order valence-corrected chi connectivity index (χ3v) is 4.49. The van der Waals surface area contributed by atoms with E-state index in [1.807, 2.05) is 18.2 Å². The van der Waals surface area contributed by atoms with Crippen molar-refractivity contribution in [2.24, 2.45) is 0 Å². The molecule has 22 heavy (non-hydrogen) atoms. The summed E-state index contributed by atoms with van der Waals surface area (Å²) in [5, 5.41) is 4.46. The summed E-state index contributed by atoms with van der Waals surface area (Å²) in [5.41, 5.74) is 6.45. The normalized spacial score (nSPS) is 16.5. The van der Waals surface area contributed by atoms with Crippen LogP contribution in [0.1, 0.15) is 22.7 Å². The molecule has 0 bridgehead atoms. The van der Waals surface area contributed by atoms with Gasteiger partial charge in [-0.25, -0.2) is 0 Å². The van der Waals surface area contributed by atoms with Gasteiger partial charge in [-0.3, -0.25) is 0 Å². The predicted octanol–water partition coefficient (Wildman–Crippen LogP) is 5.20. The van der Waals surface area contributed by atoms with Gasteiger partial charge in [-0.05, 0) is 39.9 Å². The number of nitrogens with one attached hydrogen (secondary N) is 1. The van der Waals surface area contributed by atoms with Gasteiger partial charge in [-0.1, -0.05) is 72.3 Å². The number of benzene rings is 3. The van der Waals surface area contributed by atoms with Gasteiger partial charge in [0.25, 0.3) is 0 Å². The zero-order chi connectivity index (χ0) is 14.9. The molecule has 1 heterocycles. The van der Waals surface area contributed by atoms with Gasteiger partial charge in [0.15, 0.2) is 0 Å². The molecule has 0 amide bonds. The lowest BCUT2D eigenvalue weighted by molar-refractivity contribution is 0.613. The van der Waals surface area contributed by atoms with Crippen molar-refractivity contribution >= 4 is 11.6 Å². The highest BCUT2D eigenvalue weighted by Crippen LogP contribution is 2.37. The molecule has 1 atom stereocenters. The van der Waals surface area contributed by atoms with Gasteiger partial charge in [0.05, 0.1) is 6.04 Å². The van der Waals surface area contributed by atoms with Gasteiger partial charge in [0, 0.05) is 11.6 Å². The second-order valence-electron chi connectivity index (χ2n) is 5.61. The van der Waals surface area contributed by atoms with E-state index in [9.17, 15) is 0 Å². The van der Waals surface area contributed by atoms with Crippen LogP contribution in [-0.2, 0) is 6.54 Å². The van der Waals surface area contributed by atoms with Gasteiger partial charge < -0.3 is 5.32 Å². The van der Waals surface area contributed by atoms with Crippen molar-refractivity contribution in [3.8, 4) is 11.1 Å². The van der Waals surface area contributed by atoms with E-state index in [1.54, 1.807) is 0 Å². The van der Waals surface area contributed by atoms with Crippen LogP contribution in [0.3, 0.4) is 0 Å². The van der Waals surface area contributed by atoms with Crippen molar-refractivity contribution in [3.63, 3.8) is 0 Å². The first-order chi connectivity index (χ1) is 10.8. The van der Waals surface area contributed by atoms with Crippen molar-refractivity contribution in [1.29, 1.82) is 0 Å². The lowest BCUT2D eigenvalue weighted by Gasteiger charge is -2.19. The average molecular weight is 306 g/mol. The minimum Gasteiger partial charge on any atom is -0.302 e. The fourth-order valence-corrected chi connectivity index (χ4v) is 3.44. The molecule has 0 fully saturated rings. The van der Waals surface area contributed by atoms with Crippen LogP contribution in [0.2, 0.25) is 5.02 Å². The van der Waals surface area contributed by atoms with Crippen molar-refractivity contribution in [3.05, 3.63) is 94.5 Å². The maximum absolute atomic E-state index is 6.19. The molecule has 2 heteroatoms. The number of fused-ring (bicyclic) bond motifs is 3. The van der Waals surface area contributed by atoms with Gasteiger partial charge in [-0.15, -0.1) is 0 Å². The summed E-state index contributed by atoms with van der Waals surface area (Å²) >= 11 is 6.19. The first-order valence-corrected chi connectivity index (χ1v) is 7.87. The Labute approximate surface area is 135 Å². The molecule has 3 aromatic rings. The number of hydrogen-bond acceptors (Lipinski definition) is 1. The molecule has 0 radical (unpaired) electrons. The standard InChI is InChI=1S/C20H16ClN/c21-16-8-5-7-14(12-16)20-19-11-4-3-10-18(19)17-9-2-1-6-15(17)13-22-20/h1-12,20,22H,13H2. The Morgan fingerprint density at radius 1 is 0.818 bits per heavy atom. The van der Waals surface area contributed by atoms with E-state index in [2.05, 4.69) is 59.9 Å². The maximum Gasteiger partial charge on any atom is 0.0585 e. The quantitative estimate of drug-likeness (QED) is 0.651. The summed E-state index contributed by atoms with van der Waals surface area (Å²) in [5.74, 6) is 0. The Hall–Kier alpha value is -2.09. The Bertz CT molecular complexity index is 825. The van der Waals surface area contributed by atoms with Crippen LogP contribution in [-0.4, -0.2) is 0 Å². The second kappa shape index (κ2) is 5.60. The summed E-state index contributed by atoms with van der Waals surface area (Å²) in [7, 11) is 0. The third kappa shape index (κ3) is 2.33. The van der Waals surface area contributed by atoms with Crippen LogP contribution in [0, 0.1) is 0 Å². The molecule has 0 saturated carbocycles. The minimum atomic E-state index is 0.155. The molecule has 0 aromatic heterocycles. The van der Waals surface area contributed by atoms with Crippen molar-refractivity contribution in [1.82, 2.24) is 5.32 Å². The minimum absolute atomic E-state index is 0.155. The highest BCUT2D eigenvalue weighted by molar-refractivity contribution is 6.30.